The van der Waals surface area contributed by atoms with Crippen LogP contribution in [-0.2, 0) is 15.1 Å². The van der Waals surface area contributed by atoms with Crippen LogP contribution in [0.2, 0.25) is 0 Å². The largest absolute Gasteiger partial charge is 0.334 e. The third kappa shape index (κ3) is 4.79. The second-order valence-electron chi connectivity index (χ2n) is 7.72. The molecule has 0 unspecified atom stereocenters. The lowest BCUT2D eigenvalue weighted by Crippen LogP contribution is -2.55. The zero-order valence-corrected chi connectivity index (χ0v) is 18.3. The minimum absolute atomic E-state index is 0. The molecule has 1 aliphatic rings. The highest BCUT2D eigenvalue weighted by molar-refractivity contribution is 5.96. The van der Waals surface area contributed by atoms with Crippen LogP contribution >= 0.6 is 12.4 Å². The number of aromatic nitrogens is 2. The maximum Gasteiger partial charge on any atom is 0.250 e. The van der Waals surface area contributed by atoms with Gasteiger partial charge in [0.15, 0.2) is 0 Å². The molecule has 1 aromatic carbocycles. The summed E-state index contributed by atoms with van der Waals surface area (Å²) in [4.78, 5) is 27.5. The second kappa shape index (κ2) is 9.41. The van der Waals surface area contributed by atoms with Gasteiger partial charge in [-0.15, -0.1) is 12.4 Å². The van der Waals surface area contributed by atoms with Crippen molar-refractivity contribution in [3.8, 4) is 0 Å². The van der Waals surface area contributed by atoms with E-state index >= 15 is 0 Å². The van der Waals surface area contributed by atoms with E-state index in [0.717, 1.165) is 35.5 Å². The third-order valence-electron chi connectivity index (χ3n) is 5.44. The summed E-state index contributed by atoms with van der Waals surface area (Å²) in [5, 5.41) is 10.6. The zero-order chi connectivity index (χ0) is 20.3. The van der Waals surface area contributed by atoms with Crippen molar-refractivity contribution < 1.29 is 9.59 Å². The highest BCUT2D eigenvalue weighted by atomic mass is 35.5. The summed E-state index contributed by atoms with van der Waals surface area (Å²) in [5.74, 6) is -0.277. The van der Waals surface area contributed by atoms with E-state index in [9.17, 15) is 9.59 Å². The number of aryl methyl sites for hydroxylation is 3. The summed E-state index contributed by atoms with van der Waals surface area (Å²) in [7, 11) is 1.68. The topological polar surface area (TPSA) is 79.3 Å². The predicted molar refractivity (Wildman–Crippen MR) is 116 cm³/mol. The lowest BCUT2D eigenvalue weighted by Gasteiger charge is -2.39. The molecule has 7 nitrogen and oxygen atoms in total. The fourth-order valence-corrected chi connectivity index (χ4v) is 4.10. The molecule has 0 saturated carbocycles. The molecular weight excluding hydrogens is 390 g/mol. The van der Waals surface area contributed by atoms with Gasteiger partial charge in [0.25, 0.3) is 5.91 Å². The van der Waals surface area contributed by atoms with Crippen LogP contribution < -0.4 is 10.6 Å². The highest BCUT2D eigenvalue weighted by Gasteiger charge is 2.43. The first kappa shape index (κ1) is 22.9. The number of rotatable bonds is 5. The molecule has 1 saturated heterocycles. The number of benzene rings is 1. The minimum atomic E-state index is -0.737. The molecule has 2 amide bonds. The SMILES string of the molecule is Cc1cc(C)c(NC(=O)CN(C)C(=O)C2(n3cccn3)CCNCC2)c(C)c1.Cl. The number of carbonyl (C=O) groups excluding carboxylic acids is 2. The number of halogens is 1. The number of likely N-dealkylation sites (N-methyl/N-ethyl adjacent to an activating group) is 1. The molecule has 2 heterocycles. The summed E-state index contributed by atoms with van der Waals surface area (Å²) < 4.78 is 1.75. The average molecular weight is 420 g/mol. The molecule has 3 rings (SSSR count). The van der Waals surface area contributed by atoms with Crippen LogP contribution in [-0.4, -0.2) is 53.2 Å². The fourth-order valence-electron chi connectivity index (χ4n) is 4.10. The maximum atomic E-state index is 13.3. The van der Waals surface area contributed by atoms with Gasteiger partial charge in [0.05, 0.1) is 6.54 Å². The van der Waals surface area contributed by atoms with E-state index in [4.69, 9.17) is 0 Å². The Hall–Kier alpha value is -2.38. The van der Waals surface area contributed by atoms with Gasteiger partial charge in [-0.05, 0) is 63.9 Å². The lowest BCUT2D eigenvalue weighted by atomic mass is 9.87. The van der Waals surface area contributed by atoms with Crippen LogP contribution in [0.4, 0.5) is 5.69 Å². The second-order valence-corrected chi connectivity index (χ2v) is 7.72. The molecule has 1 aliphatic heterocycles. The van der Waals surface area contributed by atoms with Gasteiger partial charge < -0.3 is 15.5 Å². The van der Waals surface area contributed by atoms with Crippen molar-refractivity contribution in [2.45, 2.75) is 39.2 Å². The molecule has 2 N–H and O–H groups in total. The Morgan fingerprint density at radius 2 is 1.83 bits per heavy atom. The van der Waals surface area contributed by atoms with Gasteiger partial charge in [-0.2, -0.15) is 5.10 Å². The van der Waals surface area contributed by atoms with E-state index in [-0.39, 0.29) is 30.8 Å². The molecular formula is C21H30ClN5O2. The molecule has 1 fully saturated rings. The number of anilines is 1. The van der Waals surface area contributed by atoms with Gasteiger partial charge in [-0.1, -0.05) is 17.7 Å². The molecule has 2 aromatic rings. The van der Waals surface area contributed by atoms with Crippen molar-refractivity contribution in [1.29, 1.82) is 0 Å². The first-order valence-electron chi connectivity index (χ1n) is 9.67. The molecule has 1 aromatic heterocycles. The smallest absolute Gasteiger partial charge is 0.250 e. The monoisotopic (exact) mass is 419 g/mol. The van der Waals surface area contributed by atoms with E-state index in [1.807, 2.05) is 45.2 Å². The molecule has 29 heavy (non-hydrogen) atoms. The van der Waals surface area contributed by atoms with Gasteiger partial charge in [0.2, 0.25) is 5.91 Å². The number of piperidine rings is 1. The predicted octanol–water partition coefficient (Wildman–Crippen LogP) is 2.41. The molecule has 0 spiro atoms. The normalized spacial score (nSPS) is 15.3. The first-order chi connectivity index (χ1) is 13.3. The Balaban J connectivity index is 0.00000300. The van der Waals surface area contributed by atoms with Crippen LogP contribution in [0.1, 0.15) is 29.5 Å². The quantitative estimate of drug-likeness (QED) is 0.780. The zero-order valence-electron chi connectivity index (χ0n) is 17.5. The van der Waals surface area contributed by atoms with Gasteiger partial charge in [0, 0.05) is 25.1 Å². The standard InChI is InChI=1S/C21H29N5O2.ClH/c1-15-12-16(2)19(17(3)13-15)24-18(27)14-25(4)20(28)21(6-9-22-10-7-21)26-11-5-8-23-26;/h5,8,11-13,22H,6-7,9-10,14H2,1-4H3,(H,24,27);1H. The maximum absolute atomic E-state index is 13.3. The highest BCUT2D eigenvalue weighted by Crippen LogP contribution is 2.29. The fraction of sp³-hybridized carbons (Fsp3) is 0.476. The van der Waals surface area contributed by atoms with Crippen molar-refractivity contribution in [3.05, 3.63) is 47.3 Å². The van der Waals surface area contributed by atoms with Crippen LogP contribution in [0.15, 0.2) is 30.6 Å². The van der Waals surface area contributed by atoms with Crippen LogP contribution in [0.5, 0.6) is 0 Å². The van der Waals surface area contributed by atoms with E-state index in [1.165, 1.54) is 4.90 Å². The number of amides is 2. The average Bonchev–Trinajstić information content (AvgIpc) is 3.20. The molecule has 0 radical (unpaired) electrons. The van der Waals surface area contributed by atoms with Crippen LogP contribution in [0, 0.1) is 20.8 Å². The van der Waals surface area contributed by atoms with E-state index in [0.29, 0.717) is 12.8 Å². The molecule has 0 aliphatic carbocycles. The Bertz CT molecular complexity index is 837. The molecule has 158 valence electrons. The first-order valence-corrected chi connectivity index (χ1v) is 9.67. The summed E-state index contributed by atoms with van der Waals surface area (Å²) in [6, 6.07) is 5.91. The van der Waals surface area contributed by atoms with Gasteiger partial charge in [0.1, 0.15) is 5.54 Å². The van der Waals surface area contributed by atoms with E-state index in [2.05, 4.69) is 15.7 Å². The van der Waals surface area contributed by atoms with Crippen molar-refractivity contribution in [2.75, 3.05) is 32.0 Å². The number of carbonyl (C=O) groups is 2. The van der Waals surface area contributed by atoms with E-state index < -0.39 is 5.54 Å². The Labute approximate surface area is 178 Å². The van der Waals surface area contributed by atoms with Crippen molar-refractivity contribution >= 4 is 29.9 Å². The molecule has 0 atom stereocenters. The molecule has 0 bridgehead atoms. The van der Waals surface area contributed by atoms with Crippen molar-refractivity contribution in [1.82, 2.24) is 20.0 Å². The van der Waals surface area contributed by atoms with Gasteiger partial charge >= 0.3 is 0 Å². The summed E-state index contributed by atoms with van der Waals surface area (Å²) in [6.07, 6.45) is 4.81. The number of nitrogens with one attached hydrogen (secondary N) is 2. The van der Waals surface area contributed by atoms with Crippen LogP contribution in [0.25, 0.3) is 0 Å². The summed E-state index contributed by atoms with van der Waals surface area (Å²) in [5.41, 5.74) is 3.28. The van der Waals surface area contributed by atoms with E-state index in [1.54, 1.807) is 17.9 Å². The van der Waals surface area contributed by atoms with Crippen molar-refractivity contribution in [3.63, 3.8) is 0 Å². The Morgan fingerprint density at radius 1 is 1.21 bits per heavy atom. The minimum Gasteiger partial charge on any atom is -0.334 e. The Kier molecular flexibility index (Phi) is 7.43. The summed E-state index contributed by atoms with van der Waals surface area (Å²) >= 11 is 0. The lowest BCUT2D eigenvalue weighted by molar-refractivity contribution is -0.143. The number of nitrogens with zero attached hydrogens (tertiary/aromatic N) is 3. The number of hydrogen-bond acceptors (Lipinski definition) is 4. The van der Waals surface area contributed by atoms with Crippen LogP contribution in [0.3, 0.4) is 0 Å². The van der Waals surface area contributed by atoms with Gasteiger partial charge in [-0.3, -0.25) is 14.3 Å². The summed E-state index contributed by atoms with van der Waals surface area (Å²) in [6.45, 7) is 7.48. The third-order valence-corrected chi connectivity index (χ3v) is 5.44. The molecule has 8 heteroatoms. The number of hydrogen-bond donors (Lipinski definition) is 2. The Morgan fingerprint density at radius 3 is 2.38 bits per heavy atom. The van der Waals surface area contributed by atoms with Gasteiger partial charge in [-0.25, -0.2) is 0 Å². The van der Waals surface area contributed by atoms with Crippen molar-refractivity contribution in [2.24, 2.45) is 0 Å².